The van der Waals surface area contributed by atoms with Crippen LogP contribution in [0, 0.1) is 5.82 Å². The summed E-state index contributed by atoms with van der Waals surface area (Å²) in [4.78, 5) is 26.3. The van der Waals surface area contributed by atoms with Crippen LogP contribution in [0.4, 0.5) is 4.39 Å². The average molecular weight is 405 g/mol. The zero-order chi connectivity index (χ0) is 17.8. The van der Waals surface area contributed by atoms with E-state index in [1.165, 1.54) is 6.07 Å². The number of nitrogens with one attached hydrogen (secondary N) is 1. The molecule has 0 spiro atoms. The highest BCUT2D eigenvalue weighted by Crippen LogP contribution is 2.28. The van der Waals surface area contributed by atoms with Gasteiger partial charge in [-0.3, -0.25) is 9.59 Å². The molecule has 1 aliphatic rings. The van der Waals surface area contributed by atoms with Gasteiger partial charge in [-0.05, 0) is 37.1 Å². The standard InChI is InChI=1S/C19H18BrFN2O2/c20-15-6-3-5-13(10-15)19(25)22-11-18(24)23(16-8-9-16)12-14-4-1-2-7-17(14)21/h1-7,10,16H,8-9,11-12H2,(H,22,25). The quantitative estimate of drug-likeness (QED) is 0.800. The zero-order valence-electron chi connectivity index (χ0n) is 13.5. The highest BCUT2D eigenvalue weighted by Gasteiger charge is 2.32. The van der Waals surface area contributed by atoms with Crippen molar-refractivity contribution >= 4 is 27.7 Å². The first kappa shape index (κ1) is 17.6. The minimum atomic E-state index is -0.320. The summed E-state index contributed by atoms with van der Waals surface area (Å²) in [6, 6.07) is 13.5. The third kappa shape index (κ3) is 4.66. The number of carbonyl (C=O) groups is 2. The highest BCUT2D eigenvalue weighted by molar-refractivity contribution is 9.10. The minimum Gasteiger partial charge on any atom is -0.343 e. The van der Waals surface area contributed by atoms with Gasteiger partial charge in [-0.25, -0.2) is 4.39 Å². The van der Waals surface area contributed by atoms with E-state index < -0.39 is 0 Å². The van der Waals surface area contributed by atoms with E-state index in [1.54, 1.807) is 41.3 Å². The Kier molecular flexibility index (Phi) is 5.48. The lowest BCUT2D eigenvalue weighted by Gasteiger charge is -2.23. The highest BCUT2D eigenvalue weighted by atomic mass is 79.9. The van der Waals surface area contributed by atoms with E-state index in [1.807, 2.05) is 6.07 Å². The number of rotatable bonds is 6. The smallest absolute Gasteiger partial charge is 0.251 e. The van der Waals surface area contributed by atoms with Gasteiger partial charge >= 0.3 is 0 Å². The maximum Gasteiger partial charge on any atom is 0.251 e. The summed E-state index contributed by atoms with van der Waals surface area (Å²) in [5, 5.41) is 2.64. The molecule has 0 heterocycles. The Morgan fingerprint density at radius 1 is 1.16 bits per heavy atom. The number of amides is 2. The summed E-state index contributed by atoms with van der Waals surface area (Å²) >= 11 is 3.31. The van der Waals surface area contributed by atoms with Crippen LogP contribution >= 0.6 is 15.9 Å². The summed E-state index contributed by atoms with van der Waals surface area (Å²) < 4.78 is 14.7. The summed E-state index contributed by atoms with van der Waals surface area (Å²) in [5.41, 5.74) is 0.968. The molecule has 1 N–H and O–H groups in total. The molecule has 0 aliphatic heterocycles. The molecule has 0 saturated heterocycles. The van der Waals surface area contributed by atoms with Crippen LogP contribution in [-0.2, 0) is 11.3 Å². The Morgan fingerprint density at radius 3 is 2.60 bits per heavy atom. The summed E-state index contributed by atoms with van der Waals surface area (Å²) in [6.45, 7) is 0.124. The number of hydrogen-bond donors (Lipinski definition) is 1. The second-order valence-corrected chi connectivity index (χ2v) is 6.95. The topological polar surface area (TPSA) is 49.4 Å². The van der Waals surface area contributed by atoms with Crippen LogP contribution in [0.25, 0.3) is 0 Å². The largest absolute Gasteiger partial charge is 0.343 e. The lowest BCUT2D eigenvalue weighted by Crippen LogP contribution is -2.41. The van der Waals surface area contributed by atoms with Crippen LogP contribution in [0.5, 0.6) is 0 Å². The molecule has 4 nitrogen and oxygen atoms in total. The molecule has 1 fully saturated rings. The van der Waals surface area contributed by atoms with Crippen molar-refractivity contribution in [3.05, 3.63) is 69.9 Å². The average Bonchev–Trinajstić information content (AvgIpc) is 3.43. The minimum absolute atomic E-state index is 0.101. The monoisotopic (exact) mass is 404 g/mol. The molecule has 0 unspecified atom stereocenters. The molecule has 1 aliphatic carbocycles. The van der Waals surface area contributed by atoms with E-state index >= 15 is 0 Å². The fraction of sp³-hybridized carbons (Fsp3) is 0.263. The predicted molar refractivity (Wildman–Crippen MR) is 96.4 cm³/mol. The molecule has 0 bridgehead atoms. The van der Waals surface area contributed by atoms with Gasteiger partial charge in [0.05, 0.1) is 6.54 Å². The maximum atomic E-state index is 13.9. The molecule has 0 radical (unpaired) electrons. The third-order valence-electron chi connectivity index (χ3n) is 4.09. The summed E-state index contributed by atoms with van der Waals surface area (Å²) in [6.07, 6.45) is 1.83. The first-order valence-electron chi connectivity index (χ1n) is 8.11. The fourth-order valence-electron chi connectivity index (χ4n) is 2.61. The molecule has 0 atom stereocenters. The van der Waals surface area contributed by atoms with Crippen molar-refractivity contribution < 1.29 is 14.0 Å². The van der Waals surface area contributed by atoms with Crippen LogP contribution in [-0.4, -0.2) is 29.3 Å². The molecule has 6 heteroatoms. The Labute approximate surface area is 154 Å². The van der Waals surface area contributed by atoms with Crippen molar-refractivity contribution in [2.24, 2.45) is 0 Å². The molecule has 2 amide bonds. The van der Waals surface area contributed by atoms with E-state index in [4.69, 9.17) is 0 Å². The molecule has 0 aromatic heterocycles. The van der Waals surface area contributed by atoms with Gasteiger partial charge < -0.3 is 10.2 Å². The number of carbonyl (C=O) groups excluding carboxylic acids is 2. The van der Waals surface area contributed by atoms with Gasteiger partial charge in [-0.2, -0.15) is 0 Å². The molecule has 3 rings (SSSR count). The Morgan fingerprint density at radius 2 is 1.92 bits per heavy atom. The van der Waals surface area contributed by atoms with Crippen molar-refractivity contribution in [2.75, 3.05) is 6.54 Å². The van der Waals surface area contributed by atoms with Gasteiger partial charge in [0.2, 0.25) is 5.91 Å². The molecular formula is C19H18BrFN2O2. The van der Waals surface area contributed by atoms with E-state index in [-0.39, 0.29) is 36.8 Å². The van der Waals surface area contributed by atoms with Gasteiger partial charge in [-0.1, -0.05) is 40.2 Å². The van der Waals surface area contributed by atoms with Crippen LogP contribution in [0.15, 0.2) is 53.0 Å². The summed E-state index contributed by atoms with van der Waals surface area (Å²) in [5.74, 6) is -0.829. The van der Waals surface area contributed by atoms with Gasteiger partial charge in [0.25, 0.3) is 5.91 Å². The molecular weight excluding hydrogens is 387 g/mol. The molecule has 2 aromatic carbocycles. The van der Waals surface area contributed by atoms with Gasteiger partial charge in [0, 0.05) is 28.2 Å². The lowest BCUT2D eigenvalue weighted by molar-refractivity contribution is -0.131. The molecule has 1 saturated carbocycles. The first-order valence-corrected chi connectivity index (χ1v) is 8.90. The van der Waals surface area contributed by atoms with E-state index in [9.17, 15) is 14.0 Å². The van der Waals surface area contributed by atoms with Crippen LogP contribution in [0.2, 0.25) is 0 Å². The number of nitrogens with zero attached hydrogens (tertiary/aromatic N) is 1. The van der Waals surface area contributed by atoms with Gasteiger partial charge in [0.15, 0.2) is 0 Å². The van der Waals surface area contributed by atoms with Crippen molar-refractivity contribution in [1.29, 1.82) is 0 Å². The van der Waals surface area contributed by atoms with Crippen molar-refractivity contribution in [1.82, 2.24) is 10.2 Å². The third-order valence-corrected chi connectivity index (χ3v) is 4.59. The Balaban J connectivity index is 1.62. The number of benzene rings is 2. The van der Waals surface area contributed by atoms with Crippen LogP contribution in [0.3, 0.4) is 0 Å². The Hall–Kier alpha value is -2.21. The van der Waals surface area contributed by atoms with E-state index in [0.717, 1.165) is 17.3 Å². The fourth-order valence-corrected chi connectivity index (χ4v) is 3.01. The second kappa shape index (κ2) is 7.78. The molecule has 130 valence electrons. The predicted octanol–water partition coefficient (Wildman–Crippen LogP) is 3.51. The van der Waals surface area contributed by atoms with Crippen molar-refractivity contribution in [3.63, 3.8) is 0 Å². The molecule has 2 aromatic rings. The van der Waals surface area contributed by atoms with Crippen molar-refractivity contribution in [3.8, 4) is 0 Å². The Bertz CT molecular complexity index is 792. The summed E-state index contributed by atoms with van der Waals surface area (Å²) in [7, 11) is 0. The number of halogens is 2. The molecule has 25 heavy (non-hydrogen) atoms. The SMILES string of the molecule is O=C(NCC(=O)N(Cc1ccccc1F)C1CC1)c1cccc(Br)c1. The lowest BCUT2D eigenvalue weighted by atomic mass is 10.2. The normalized spacial score (nSPS) is 13.4. The van der Waals surface area contributed by atoms with E-state index in [2.05, 4.69) is 21.2 Å². The van der Waals surface area contributed by atoms with Gasteiger partial charge in [-0.15, -0.1) is 0 Å². The van der Waals surface area contributed by atoms with Gasteiger partial charge in [0.1, 0.15) is 5.82 Å². The number of hydrogen-bond acceptors (Lipinski definition) is 2. The first-order chi connectivity index (χ1) is 12.0. The van der Waals surface area contributed by atoms with Crippen LogP contribution < -0.4 is 5.32 Å². The van der Waals surface area contributed by atoms with Crippen LogP contribution in [0.1, 0.15) is 28.8 Å². The zero-order valence-corrected chi connectivity index (χ0v) is 15.1. The van der Waals surface area contributed by atoms with Crippen molar-refractivity contribution in [2.45, 2.75) is 25.4 Å². The van der Waals surface area contributed by atoms with E-state index in [0.29, 0.717) is 11.1 Å². The maximum absolute atomic E-state index is 13.9. The second-order valence-electron chi connectivity index (χ2n) is 6.04.